The summed E-state index contributed by atoms with van der Waals surface area (Å²) >= 11 is 0. The Morgan fingerprint density at radius 2 is 2.00 bits per heavy atom. The van der Waals surface area contributed by atoms with Gasteiger partial charge in [-0.3, -0.25) is 0 Å². The Morgan fingerprint density at radius 1 is 1.29 bits per heavy atom. The third-order valence-electron chi connectivity index (χ3n) is 2.17. The fourth-order valence-corrected chi connectivity index (χ4v) is 1.34. The molecule has 1 aromatic rings. The minimum atomic E-state index is -0.309. The van der Waals surface area contributed by atoms with Crippen LogP contribution in [0.25, 0.3) is 0 Å². The predicted molar refractivity (Wildman–Crippen MR) is 63.2 cm³/mol. The zero-order chi connectivity index (χ0) is 12.7. The van der Waals surface area contributed by atoms with Gasteiger partial charge in [0.25, 0.3) is 0 Å². The smallest absolute Gasteiger partial charge is 0.203 e. The second-order valence-corrected chi connectivity index (χ2v) is 3.42. The molecule has 0 amide bonds. The van der Waals surface area contributed by atoms with Crippen LogP contribution in [0.4, 0.5) is 0 Å². The summed E-state index contributed by atoms with van der Waals surface area (Å²) in [5.74, 6) is 1.68. The van der Waals surface area contributed by atoms with Crippen LogP contribution in [0.15, 0.2) is 18.2 Å². The van der Waals surface area contributed by atoms with Crippen molar-refractivity contribution < 1.29 is 14.2 Å². The molecule has 0 spiro atoms. The van der Waals surface area contributed by atoms with Gasteiger partial charge in [0, 0.05) is 0 Å². The van der Waals surface area contributed by atoms with Crippen LogP contribution in [0.3, 0.4) is 0 Å². The van der Waals surface area contributed by atoms with Crippen molar-refractivity contribution in [2.24, 2.45) is 5.73 Å². The van der Waals surface area contributed by atoms with Crippen LogP contribution < -0.4 is 19.9 Å². The molecule has 1 atom stereocenters. The summed E-state index contributed by atoms with van der Waals surface area (Å²) in [5, 5.41) is 8.49. The molecule has 0 bridgehead atoms. The summed E-state index contributed by atoms with van der Waals surface area (Å²) < 4.78 is 15.9. The van der Waals surface area contributed by atoms with Crippen LogP contribution in [-0.2, 0) is 0 Å². The lowest BCUT2D eigenvalue weighted by Gasteiger charge is -2.15. The highest BCUT2D eigenvalue weighted by molar-refractivity contribution is 5.51. The van der Waals surface area contributed by atoms with Crippen LogP contribution in [0, 0.1) is 11.3 Å². The zero-order valence-electron chi connectivity index (χ0n) is 9.97. The first-order valence-electron chi connectivity index (χ1n) is 5.19. The molecule has 1 unspecified atom stereocenters. The van der Waals surface area contributed by atoms with Gasteiger partial charge in [-0.05, 0) is 12.1 Å². The van der Waals surface area contributed by atoms with Crippen molar-refractivity contribution in [3.05, 3.63) is 18.2 Å². The van der Waals surface area contributed by atoms with Crippen molar-refractivity contribution in [2.75, 3.05) is 20.8 Å². The molecule has 0 heterocycles. The Kier molecular flexibility index (Phi) is 5.11. The highest BCUT2D eigenvalue weighted by Crippen LogP contribution is 2.36. The summed E-state index contributed by atoms with van der Waals surface area (Å²) in [6.45, 7) is 0.261. The number of para-hydroxylation sites is 1. The van der Waals surface area contributed by atoms with Gasteiger partial charge in [0.1, 0.15) is 6.61 Å². The molecule has 5 heteroatoms. The van der Waals surface area contributed by atoms with E-state index in [1.807, 2.05) is 6.07 Å². The number of methoxy groups -OCH3 is 2. The van der Waals surface area contributed by atoms with Gasteiger partial charge >= 0.3 is 0 Å². The lowest BCUT2D eigenvalue weighted by atomic mass is 10.2. The van der Waals surface area contributed by atoms with Gasteiger partial charge in [0.2, 0.25) is 5.75 Å². The fourth-order valence-electron chi connectivity index (χ4n) is 1.34. The van der Waals surface area contributed by atoms with Gasteiger partial charge in [0.05, 0.1) is 32.8 Å². The topological polar surface area (TPSA) is 77.5 Å². The van der Waals surface area contributed by atoms with Gasteiger partial charge in [-0.25, -0.2) is 0 Å². The van der Waals surface area contributed by atoms with Gasteiger partial charge in [-0.15, -0.1) is 0 Å². The Labute approximate surface area is 101 Å². The molecule has 2 N–H and O–H groups in total. The standard InChI is InChI=1S/C12H16N2O3/c1-15-10-4-3-5-11(12(10)16-2)17-8-9(14)6-7-13/h3-5,9H,6,8,14H2,1-2H3. The maximum Gasteiger partial charge on any atom is 0.203 e. The van der Waals surface area contributed by atoms with Crippen molar-refractivity contribution in [1.82, 2.24) is 0 Å². The first kappa shape index (κ1) is 13.1. The molecule has 0 aliphatic carbocycles. The lowest BCUT2D eigenvalue weighted by molar-refractivity contribution is 0.266. The first-order chi connectivity index (χ1) is 8.22. The van der Waals surface area contributed by atoms with E-state index in [2.05, 4.69) is 0 Å². The SMILES string of the molecule is COc1cccc(OCC(N)CC#N)c1OC. The average molecular weight is 236 g/mol. The zero-order valence-corrected chi connectivity index (χ0v) is 9.97. The number of nitrogens with zero attached hydrogens (tertiary/aromatic N) is 1. The quantitative estimate of drug-likeness (QED) is 0.806. The van der Waals surface area contributed by atoms with Crippen LogP contribution in [-0.4, -0.2) is 26.9 Å². The van der Waals surface area contributed by atoms with E-state index in [1.54, 1.807) is 32.4 Å². The van der Waals surface area contributed by atoms with Crippen LogP contribution in [0.1, 0.15) is 6.42 Å². The van der Waals surface area contributed by atoms with Crippen LogP contribution >= 0.6 is 0 Å². The Balaban J connectivity index is 2.74. The van der Waals surface area contributed by atoms with E-state index in [4.69, 9.17) is 25.2 Å². The molecule has 17 heavy (non-hydrogen) atoms. The number of rotatable bonds is 6. The number of nitriles is 1. The van der Waals surface area contributed by atoms with Gasteiger partial charge in [-0.1, -0.05) is 6.07 Å². The highest BCUT2D eigenvalue weighted by atomic mass is 16.5. The molecule has 0 radical (unpaired) electrons. The highest BCUT2D eigenvalue weighted by Gasteiger charge is 2.11. The largest absolute Gasteiger partial charge is 0.493 e. The van der Waals surface area contributed by atoms with Crippen molar-refractivity contribution in [1.29, 1.82) is 5.26 Å². The fraction of sp³-hybridized carbons (Fsp3) is 0.417. The minimum Gasteiger partial charge on any atom is -0.493 e. The number of nitrogens with two attached hydrogens (primary N) is 1. The van der Waals surface area contributed by atoms with E-state index in [1.165, 1.54) is 0 Å². The van der Waals surface area contributed by atoms with Crippen LogP contribution in [0.2, 0.25) is 0 Å². The van der Waals surface area contributed by atoms with E-state index in [-0.39, 0.29) is 19.1 Å². The molecule has 0 aliphatic heterocycles. The average Bonchev–Trinajstić information content (AvgIpc) is 2.36. The second-order valence-electron chi connectivity index (χ2n) is 3.42. The third kappa shape index (κ3) is 3.54. The molecule has 5 nitrogen and oxygen atoms in total. The van der Waals surface area contributed by atoms with E-state index in [9.17, 15) is 0 Å². The van der Waals surface area contributed by atoms with Crippen molar-refractivity contribution in [3.8, 4) is 23.3 Å². The maximum absolute atomic E-state index is 8.49. The van der Waals surface area contributed by atoms with E-state index in [0.29, 0.717) is 17.2 Å². The van der Waals surface area contributed by atoms with E-state index < -0.39 is 0 Å². The van der Waals surface area contributed by atoms with Gasteiger partial charge < -0.3 is 19.9 Å². The van der Waals surface area contributed by atoms with Crippen molar-refractivity contribution >= 4 is 0 Å². The Bertz CT molecular complexity index is 401. The lowest BCUT2D eigenvalue weighted by Crippen LogP contribution is -2.27. The summed E-state index contributed by atoms with van der Waals surface area (Å²) in [5.41, 5.74) is 5.67. The molecule has 92 valence electrons. The Morgan fingerprint density at radius 3 is 2.59 bits per heavy atom. The summed E-state index contributed by atoms with van der Waals surface area (Å²) in [6, 6.07) is 7.03. The van der Waals surface area contributed by atoms with E-state index in [0.717, 1.165) is 0 Å². The number of benzene rings is 1. The van der Waals surface area contributed by atoms with Crippen molar-refractivity contribution in [3.63, 3.8) is 0 Å². The molecular formula is C12H16N2O3. The molecule has 0 saturated heterocycles. The van der Waals surface area contributed by atoms with Gasteiger partial charge in [0.15, 0.2) is 11.5 Å². The summed E-state index contributed by atoms with van der Waals surface area (Å²) in [7, 11) is 3.10. The monoisotopic (exact) mass is 236 g/mol. The molecular weight excluding hydrogens is 220 g/mol. The summed E-state index contributed by atoms with van der Waals surface area (Å²) in [4.78, 5) is 0. The molecule has 0 aliphatic rings. The maximum atomic E-state index is 8.49. The normalized spacial score (nSPS) is 11.4. The van der Waals surface area contributed by atoms with E-state index >= 15 is 0 Å². The number of ether oxygens (including phenoxy) is 3. The van der Waals surface area contributed by atoms with Crippen molar-refractivity contribution in [2.45, 2.75) is 12.5 Å². The number of hydrogen-bond acceptors (Lipinski definition) is 5. The summed E-state index contributed by atoms with van der Waals surface area (Å²) in [6.07, 6.45) is 0.256. The predicted octanol–water partition coefficient (Wildman–Crippen LogP) is 1.32. The van der Waals surface area contributed by atoms with Gasteiger partial charge in [-0.2, -0.15) is 5.26 Å². The number of hydrogen-bond donors (Lipinski definition) is 1. The molecule has 1 rings (SSSR count). The molecule has 0 fully saturated rings. The first-order valence-corrected chi connectivity index (χ1v) is 5.19. The minimum absolute atomic E-state index is 0.256. The molecule has 0 saturated carbocycles. The molecule has 1 aromatic carbocycles. The molecule has 0 aromatic heterocycles. The third-order valence-corrected chi connectivity index (χ3v) is 2.17. The van der Waals surface area contributed by atoms with Crippen LogP contribution in [0.5, 0.6) is 17.2 Å². The second kappa shape index (κ2) is 6.61. The Hall–Kier alpha value is -1.93.